The molecule has 0 aliphatic carbocycles. The van der Waals surface area contributed by atoms with Gasteiger partial charge in [0.05, 0.1) is 0 Å². The highest BCUT2D eigenvalue weighted by atomic mass is 16.4. The molecule has 0 saturated carbocycles. The summed E-state index contributed by atoms with van der Waals surface area (Å²) in [6.07, 6.45) is 2.53. The molecule has 26 heavy (non-hydrogen) atoms. The van der Waals surface area contributed by atoms with E-state index < -0.39 is 35.9 Å². The first-order valence-electron chi connectivity index (χ1n) is 8.68. The number of carbonyl (C=O) groups is 4. The van der Waals surface area contributed by atoms with Crippen molar-refractivity contribution in [2.24, 2.45) is 5.92 Å². The molecule has 1 rings (SSSR count). The number of hydrogen-bond donors (Lipinski definition) is 4. The minimum atomic E-state index is -1.02. The molecule has 0 aromatic rings. The van der Waals surface area contributed by atoms with Gasteiger partial charge in [0.15, 0.2) is 0 Å². The third-order valence-electron chi connectivity index (χ3n) is 4.07. The van der Waals surface area contributed by atoms with Crippen molar-refractivity contribution < 1.29 is 24.3 Å². The molecular weight excluding hydrogens is 340 g/mol. The Morgan fingerprint density at radius 3 is 2.46 bits per heavy atom. The van der Waals surface area contributed by atoms with Crippen LogP contribution in [0, 0.1) is 5.92 Å². The Morgan fingerprint density at radius 2 is 1.92 bits per heavy atom. The average molecular weight is 368 g/mol. The second kappa shape index (κ2) is 9.91. The zero-order valence-electron chi connectivity index (χ0n) is 15.4. The Morgan fingerprint density at radius 1 is 1.27 bits per heavy atom. The molecule has 0 spiro atoms. The number of carboxylic acid groups (broad SMARTS) is 1. The molecule has 1 saturated heterocycles. The summed E-state index contributed by atoms with van der Waals surface area (Å²) in [7, 11) is 0. The van der Waals surface area contributed by atoms with Gasteiger partial charge in [-0.25, -0.2) is 5.43 Å². The van der Waals surface area contributed by atoms with Crippen LogP contribution in [0.15, 0.2) is 12.7 Å². The molecule has 0 radical (unpaired) electrons. The molecule has 4 N–H and O–H groups in total. The Bertz CT molecular complexity index is 563. The molecule has 3 atom stereocenters. The van der Waals surface area contributed by atoms with Gasteiger partial charge >= 0.3 is 5.97 Å². The molecule has 3 amide bonds. The maximum atomic E-state index is 12.5. The quantitative estimate of drug-likeness (QED) is 0.439. The molecule has 1 fully saturated rings. The van der Waals surface area contributed by atoms with Crippen molar-refractivity contribution in [3.63, 3.8) is 0 Å². The zero-order valence-corrected chi connectivity index (χ0v) is 15.4. The van der Waals surface area contributed by atoms with Crippen molar-refractivity contribution in [3.05, 3.63) is 12.7 Å². The van der Waals surface area contributed by atoms with Crippen molar-refractivity contribution in [3.8, 4) is 0 Å². The standard InChI is InChI=1S/C17H28N4O5/c1-5-7-13(22)19-14(10(2)3)15(23)18-11(4)16(24)21-9-6-8-12(20-21)17(25)26/h5,10-12,14,20H,1,6-9H2,2-4H3,(H,18,23)(H,19,22)(H,25,26)/t11-,12-,14-/m0/s1. The van der Waals surface area contributed by atoms with Gasteiger partial charge in [0, 0.05) is 13.0 Å². The molecule has 1 aliphatic heterocycles. The Labute approximate surface area is 153 Å². The molecule has 1 heterocycles. The van der Waals surface area contributed by atoms with E-state index in [1.165, 1.54) is 18.0 Å². The lowest BCUT2D eigenvalue weighted by Crippen LogP contribution is -2.60. The van der Waals surface area contributed by atoms with Gasteiger partial charge in [-0.1, -0.05) is 19.9 Å². The van der Waals surface area contributed by atoms with Crippen LogP contribution in [-0.4, -0.2) is 58.5 Å². The van der Waals surface area contributed by atoms with E-state index in [2.05, 4.69) is 22.6 Å². The van der Waals surface area contributed by atoms with Gasteiger partial charge in [-0.05, 0) is 25.7 Å². The van der Waals surface area contributed by atoms with E-state index in [1.54, 1.807) is 13.8 Å². The minimum Gasteiger partial charge on any atom is -0.480 e. The predicted molar refractivity (Wildman–Crippen MR) is 94.7 cm³/mol. The molecule has 146 valence electrons. The van der Waals surface area contributed by atoms with E-state index in [9.17, 15) is 19.2 Å². The number of aliphatic carboxylic acids is 1. The highest BCUT2D eigenvalue weighted by molar-refractivity contribution is 5.92. The minimum absolute atomic E-state index is 0.0965. The summed E-state index contributed by atoms with van der Waals surface area (Å²) in [5, 5.41) is 15.5. The lowest BCUT2D eigenvalue weighted by molar-refractivity contribution is -0.148. The van der Waals surface area contributed by atoms with Gasteiger partial charge in [-0.3, -0.25) is 24.2 Å². The highest BCUT2D eigenvalue weighted by Crippen LogP contribution is 2.09. The van der Waals surface area contributed by atoms with Gasteiger partial charge in [-0.2, -0.15) is 0 Å². The van der Waals surface area contributed by atoms with Crippen LogP contribution in [0.25, 0.3) is 0 Å². The van der Waals surface area contributed by atoms with Crippen LogP contribution in [-0.2, 0) is 19.2 Å². The molecule has 9 heteroatoms. The van der Waals surface area contributed by atoms with Crippen molar-refractivity contribution in [1.82, 2.24) is 21.1 Å². The first kappa shape index (κ1) is 21.6. The van der Waals surface area contributed by atoms with E-state index in [0.717, 1.165) is 0 Å². The number of nitrogens with one attached hydrogen (secondary N) is 3. The SMILES string of the molecule is C=CCC(=O)N[C@H](C(=O)N[C@@H](C)C(=O)N1CCC[C@@H](C(=O)O)N1)C(C)C. The second-order valence-corrected chi connectivity index (χ2v) is 6.66. The fraction of sp³-hybridized carbons (Fsp3) is 0.647. The summed E-state index contributed by atoms with van der Waals surface area (Å²) in [6.45, 7) is 8.94. The Hall–Kier alpha value is -2.42. The smallest absolute Gasteiger partial charge is 0.322 e. The highest BCUT2D eigenvalue weighted by Gasteiger charge is 2.32. The summed E-state index contributed by atoms with van der Waals surface area (Å²) >= 11 is 0. The fourth-order valence-corrected chi connectivity index (χ4v) is 2.62. The molecule has 9 nitrogen and oxygen atoms in total. The lowest BCUT2D eigenvalue weighted by Gasteiger charge is -2.34. The number of rotatable bonds is 8. The summed E-state index contributed by atoms with van der Waals surface area (Å²) in [5.41, 5.74) is 2.66. The Kier molecular flexibility index (Phi) is 8.24. The van der Waals surface area contributed by atoms with Crippen LogP contribution in [0.1, 0.15) is 40.0 Å². The zero-order chi connectivity index (χ0) is 19.9. The molecule has 0 unspecified atom stereocenters. The van der Waals surface area contributed by atoms with Crippen molar-refractivity contribution in [1.29, 1.82) is 0 Å². The fourth-order valence-electron chi connectivity index (χ4n) is 2.62. The maximum absolute atomic E-state index is 12.5. The number of hydrogen-bond acceptors (Lipinski definition) is 5. The third-order valence-corrected chi connectivity index (χ3v) is 4.07. The van der Waals surface area contributed by atoms with E-state index >= 15 is 0 Å². The van der Waals surface area contributed by atoms with Crippen LogP contribution in [0.4, 0.5) is 0 Å². The Balaban J connectivity index is 2.68. The van der Waals surface area contributed by atoms with Crippen molar-refractivity contribution in [2.75, 3.05) is 6.54 Å². The van der Waals surface area contributed by atoms with Crippen LogP contribution in [0.2, 0.25) is 0 Å². The monoisotopic (exact) mass is 368 g/mol. The van der Waals surface area contributed by atoms with Gasteiger partial charge in [0.2, 0.25) is 11.8 Å². The predicted octanol–water partition coefficient (Wildman–Crippen LogP) is -0.212. The topological polar surface area (TPSA) is 128 Å². The van der Waals surface area contributed by atoms with E-state index in [0.29, 0.717) is 19.4 Å². The molecule has 0 aromatic heterocycles. The first-order valence-corrected chi connectivity index (χ1v) is 8.68. The summed E-state index contributed by atoms with van der Waals surface area (Å²) in [4.78, 5) is 47.7. The average Bonchev–Trinajstić information content (AvgIpc) is 2.58. The van der Waals surface area contributed by atoms with E-state index in [1.807, 2.05) is 0 Å². The third kappa shape index (κ3) is 6.14. The number of carboxylic acids is 1. The number of hydrazine groups is 1. The first-order chi connectivity index (χ1) is 12.2. The van der Waals surface area contributed by atoms with Gasteiger partial charge in [0.1, 0.15) is 18.1 Å². The summed E-state index contributed by atoms with van der Waals surface area (Å²) in [5.74, 6) is -2.41. The van der Waals surface area contributed by atoms with Crippen LogP contribution < -0.4 is 16.1 Å². The molecule has 1 aliphatic rings. The second-order valence-electron chi connectivity index (χ2n) is 6.66. The number of amides is 3. The van der Waals surface area contributed by atoms with Gasteiger partial charge < -0.3 is 15.7 Å². The summed E-state index contributed by atoms with van der Waals surface area (Å²) in [6, 6.07) is -2.46. The van der Waals surface area contributed by atoms with Crippen LogP contribution in [0.5, 0.6) is 0 Å². The molecular formula is C17H28N4O5. The number of nitrogens with zero attached hydrogens (tertiary/aromatic N) is 1. The lowest BCUT2D eigenvalue weighted by atomic mass is 10.0. The van der Waals surface area contributed by atoms with E-state index in [-0.39, 0.29) is 18.2 Å². The number of carbonyl (C=O) groups excluding carboxylic acids is 3. The van der Waals surface area contributed by atoms with Crippen molar-refractivity contribution >= 4 is 23.7 Å². The molecule has 0 bridgehead atoms. The van der Waals surface area contributed by atoms with Gasteiger partial charge in [-0.15, -0.1) is 6.58 Å². The molecule has 0 aromatic carbocycles. The summed E-state index contributed by atoms with van der Waals surface area (Å²) < 4.78 is 0. The normalized spacial score (nSPS) is 19.4. The van der Waals surface area contributed by atoms with Crippen molar-refractivity contribution in [2.45, 2.75) is 58.2 Å². The van der Waals surface area contributed by atoms with Crippen LogP contribution >= 0.6 is 0 Å². The van der Waals surface area contributed by atoms with E-state index in [4.69, 9.17) is 5.11 Å². The maximum Gasteiger partial charge on any atom is 0.322 e. The van der Waals surface area contributed by atoms with Gasteiger partial charge in [0.25, 0.3) is 5.91 Å². The van der Waals surface area contributed by atoms with Crippen LogP contribution in [0.3, 0.4) is 0 Å². The largest absolute Gasteiger partial charge is 0.480 e.